The van der Waals surface area contributed by atoms with Gasteiger partial charge >= 0.3 is 17.9 Å². The first kappa shape index (κ1) is 29.7. The summed E-state index contributed by atoms with van der Waals surface area (Å²) in [5.41, 5.74) is 0.488. The molecule has 3 aromatic rings. The van der Waals surface area contributed by atoms with E-state index in [0.717, 1.165) is 61.2 Å². The lowest BCUT2D eigenvalue weighted by Gasteiger charge is -2.24. The van der Waals surface area contributed by atoms with E-state index in [1.165, 1.54) is 6.07 Å². The minimum absolute atomic E-state index is 0.194. The summed E-state index contributed by atoms with van der Waals surface area (Å²) in [6.45, 7) is 3.22. The quantitative estimate of drug-likeness (QED) is 0.282. The molecular formula is C27H32FN3O8. The van der Waals surface area contributed by atoms with E-state index in [0.29, 0.717) is 0 Å². The number of aryl methyl sites for hydroxylation is 1. The molecule has 0 radical (unpaired) electrons. The highest BCUT2D eigenvalue weighted by molar-refractivity contribution is 5.88. The fourth-order valence-corrected chi connectivity index (χ4v) is 4.51. The van der Waals surface area contributed by atoms with Crippen LogP contribution in [0.5, 0.6) is 0 Å². The van der Waals surface area contributed by atoms with Crippen LogP contribution in [-0.2, 0) is 39.3 Å². The number of pyridine rings is 1. The number of carbonyl (C=O) groups is 3. The third kappa shape index (κ3) is 8.57. The maximum Gasteiger partial charge on any atom is 0.336 e. The number of carboxylic acids is 3. The first-order valence-corrected chi connectivity index (χ1v) is 12.3. The molecule has 210 valence electrons. The predicted octanol–water partition coefficient (Wildman–Crippen LogP) is 2.65. The van der Waals surface area contributed by atoms with Crippen LogP contribution in [0.3, 0.4) is 0 Å². The Morgan fingerprint density at radius 2 is 1.85 bits per heavy atom. The Labute approximate surface area is 224 Å². The number of hydrogen-bond acceptors (Lipinski definition) is 7. The fraction of sp³-hybridized carbons (Fsp3) is 0.407. The van der Waals surface area contributed by atoms with Crippen molar-refractivity contribution < 1.29 is 43.9 Å². The molecule has 4 rings (SSSR count). The molecule has 0 amide bonds. The number of halogens is 1. The number of aliphatic carboxylic acids is 3. The van der Waals surface area contributed by atoms with Crippen molar-refractivity contribution in [2.24, 2.45) is 7.05 Å². The molecule has 39 heavy (non-hydrogen) atoms. The van der Waals surface area contributed by atoms with Crippen molar-refractivity contribution in [2.45, 2.75) is 50.5 Å². The van der Waals surface area contributed by atoms with Gasteiger partial charge in [0.1, 0.15) is 5.82 Å². The van der Waals surface area contributed by atoms with E-state index in [-0.39, 0.29) is 11.9 Å². The highest BCUT2D eigenvalue weighted by Gasteiger charge is 2.40. The molecule has 1 aliphatic heterocycles. The van der Waals surface area contributed by atoms with Gasteiger partial charge in [-0.15, -0.1) is 0 Å². The van der Waals surface area contributed by atoms with Crippen LogP contribution in [0.15, 0.2) is 48.8 Å². The summed E-state index contributed by atoms with van der Waals surface area (Å²) in [4.78, 5) is 37.3. The Hall–Kier alpha value is -3.87. The van der Waals surface area contributed by atoms with Crippen molar-refractivity contribution >= 4 is 28.8 Å². The number of aliphatic hydroxyl groups is 1. The van der Waals surface area contributed by atoms with E-state index in [9.17, 15) is 18.8 Å². The van der Waals surface area contributed by atoms with Gasteiger partial charge in [-0.2, -0.15) is 0 Å². The summed E-state index contributed by atoms with van der Waals surface area (Å²) in [6.07, 6.45) is 4.14. The van der Waals surface area contributed by atoms with Gasteiger partial charge in [-0.05, 0) is 48.7 Å². The van der Waals surface area contributed by atoms with Gasteiger partial charge in [-0.1, -0.05) is 6.07 Å². The van der Waals surface area contributed by atoms with Crippen LogP contribution in [0.2, 0.25) is 0 Å². The number of hydrogen-bond donors (Lipinski definition) is 4. The monoisotopic (exact) mass is 545 g/mol. The maximum atomic E-state index is 13.8. The maximum absolute atomic E-state index is 13.8. The van der Waals surface area contributed by atoms with E-state index < -0.39 is 36.4 Å². The Morgan fingerprint density at radius 3 is 2.41 bits per heavy atom. The lowest BCUT2D eigenvalue weighted by atomic mass is 9.96. The average molecular weight is 546 g/mol. The van der Waals surface area contributed by atoms with Crippen LogP contribution < -0.4 is 0 Å². The molecule has 2 aromatic heterocycles. The lowest BCUT2D eigenvalue weighted by Crippen LogP contribution is -2.42. The first-order valence-electron chi connectivity index (χ1n) is 12.3. The van der Waals surface area contributed by atoms with Crippen LogP contribution in [0.4, 0.5) is 4.39 Å². The molecule has 1 saturated heterocycles. The fourth-order valence-electron chi connectivity index (χ4n) is 4.51. The van der Waals surface area contributed by atoms with Gasteiger partial charge in [-0.3, -0.25) is 19.5 Å². The molecule has 0 saturated carbocycles. The highest BCUT2D eigenvalue weighted by Crippen LogP contribution is 2.25. The zero-order valence-corrected chi connectivity index (χ0v) is 21.5. The molecule has 11 nitrogen and oxygen atoms in total. The number of aromatic nitrogens is 2. The second-order valence-corrected chi connectivity index (χ2v) is 9.53. The van der Waals surface area contributed by atoms with Crippen LogP contribution in [0.25, 0.3) is 10.9 Å². The number of fused-ring (bicyclic) bond motifs is 1. The molecule has 4 N–H and O–H groups in total. The van der Waals surface area contributed by atoms with Crippen LogP contribution in [-0.4, -0.2) is 77.6 Å². The molecule has 1 atom stereocenters. The second-order valence-electron chi connectivity index (χ2n) is 9.53. The molecule has 1 aromatic carbocycles. The molecule has 0 bridgehead atoms. The largest absolute Gasteiger partial charge is 0.481 e. The van der Waals surface area contributed by atoms with Gasteiger partial charge < -0.3 is 29.7 Å². The molecule has 0 aliphatic carbocycles. The van der Waals surface area contributed by atoms with E-state index in [1.807, 2.05) is 37.5 Å². The molecule has 1 fully saturated rings. The van der Waals surface area contributed by atoms with Gasteiger partial charge in [0.15, 0.2) is 5.60 Å². The second kappa shape index (κ2) is 13.3. The third-order valence-electron chi connectivity index (χ3n) is 6.31. The SMILES string of the molecule is Cn1cc(CN(Cc2ccccn2)CC2CCCO2)c2cc(F)ccc21.O=C(O)CC(O)(CC(=O)O)C(=O)O. The number of carboxylic acid groups (broad SMARTS) is 3. The van der Waals surface area contributed by atoms with Gasteiger partial charge in [0.25, 0.3) is 0 Å². The zero-order chi connectivity index (χ0) is 28.6. The summed E-state index contributed by atoms with van der Waals surface area (Å²) in [6, 6.07) is 11.0. The van der Waals surface area contributed by atoms with E-state index in [2.05, 4.69) is 20.6 Å². The number of nitrogens with zero attached hydrogens (tertiary/aromatic N) is 3. The Bertz CT molecular complexity index is 1270. The normalized spacial score (nSPS) is 15.2. The van der Waals surface area contributed by atoms with Crippen molar-refractivity contribution in [1.82, 2.24) is 14.5 Å². The summed E-state index contributed by atoms with van der Waals surface area (Å²) >= 11 is 0. The van der Waals surface area contributed by atoms with Crippen molar-refractivity contribution in [1.29, 1.82) is 0 Å². The minimum Gasteiger partial charge on any atom is -0.481 e. The first-order chi connectivity index (χ1) is 18.5. The molecule has 0 spiro atoms. The Balaban J connectivity index is 0.000000276. The molecular weight excluding hydrogens is 513 g/mol. The van der Waals surface area contributed by atoms with Crippen molar-refractivity contribution in [3.8, 4) is 0 Å². The summed E-state index contributed by atoms with van der Waals surface area (Å²) in [7, 11) is 2.01. The summed E-state index contributed by atoms with van der Waals surface area (Å²) < 4.78 is 21.7. The zero-order valence-electron chi connectivity index (χ0n) is 21.5. The summed E-state index contributed by atoms with van der Waals surface area (Å²) in [5, 5.41) is 34.8. The standard InChI is InChI=1S/C21H24FN3O.C6H8O7/c1-24-12-16(20-11-17(22)7-8-21(20)24)13-25(15-19-6-4-10-26-19)14-18-5-2-3-9-23-18;7-3(8)1-6(13,5(11)12)2-4(9)10/h2-3,5,7-9,11-12,19H,4,6,10,13-15H2,1H3;13H,1-2H2,(H,7,8)(H,9,10)(H,11,12). The van der Waals surface area contributed by atoms with Crippen LogP contribution in [0, 0.1) is 5.82 Å². The third-order valence-corrected chi connectivity index (χ3v) is 6.31. The van der Waals surface area contributed by atoms with Crippen molar-refractivity contribution in [2.75, 3.05) is 13.2 Å². The van der Waals surface area contributed by atoms with E-state index in [1.54, 1.807) is 6.07 Å². The molecule has 1 aliphatic rings. The van der Waals surface area contributed by atoms with Crippen molar-refractivity contribution in [3.05, 3.63) is 65.9 Å². The minimum atomic E-state index is -2.74. The van der Waals surface area contributed by atoms with Crippen LogP contribution in [0.1, 0.15) is 36.9 Å². The molecule has 12 heteroatoms. The molecule has 1 unspecified atom stereocenters. The van der Waals surface area contributed by atoms with E-state index in [4.69, 9.17) is 25.2 Å². The average Bonchev–Trinajstić information content (AvgIpc) is 3.46. The lowest BCUT2D eigenvalue weighted by molar-refractivity contribution is -0.170. The Morgan fingerprint density at radius 1 is 1.13 bits per heavy atom. The number of ether oxygens (including phenoxy) is 1. The highest BCUT2D eigenvalue weighted by atomic mass is 19.1. The van der Waals surface area contributed by atoms with Crippen LogP contribution >= 0.6 is 0 Å². The predicted molar refractivity (Wildman–Crippen MR) is 137 cm³/mol. The smallest absolute Gasteiger partial charge is 0.336 e. The topological polar surface area (TPSA) is 162 Å². The summed E-state index contributed by atoms with van der Waals surface area (Å²) in [5.74, 6) is -5.21. The Kier molecular flexibility index (Phi) is 10.1. The van der Waals surface area contributed by atoms with Gasteiger partial charge in [0, 0.05) is 56.6 Å². The van der Waals surface area contributed by atoms with Crippen molar-refractivity contribution in [3.63, 3.8) is 0 Å². The van der Waals surface area contributed by atoms with E-state index >= 15 is 0 Å². The number of rotatable bonds is 11. The van der Waals surface area contributed by atoms with Gasteiger partial charge in [0.05, 0.1) is 24.6 Å². The van der Waals surface area contributed by atoms with Gasteiger partial charge in [-0.25, -0.2) is 9.18 Å². The van der Waals surface area contributed by atoms with Gasteiger partial charge in [0.2, 0.25) is 0 Å². The number of benzene rings is 1. The molecule has 3 heterocycles.